The Balaban J connectivity index is 3.68. The molecule has 0 fully saturated rings. The maximum atomic E-state index is 12.4. The van der Waals surface area contributed by atoms with Crippen LogP contribution in [0.3, 0.4) is 0 Å². The SMILES string of the molecule is CC/C=C\C/C=C\C/C=C\C/C=C\C/C=C\C/C=C\CCCCC(=O)NC(CO)C(O)/C=C/CC/C=C/CC/C=C/CCCCCCCCCCCCCCCCCCCCC. The summed E-state index contributed by atoms with van der Waals surface area (Å²) < 4.78 is 0. The Bertz CT molecular complexity index is 1200. The predicted octanol–water partition coefficient (Wildman–Crippen LogP) is 17.1. The number of rotatable bonds is 46. The van der Waals surface area contributed by atoms with Crippen LogP contribution in [0.5, 0.6) is 0 Å². The summed E-state index contributed by atoms with van der Waals surface area (Å²) >= 11 is 0. The van der Waals surface area contributed by atoms with Crippen molar-refractivity contribution in [2.45, 2.75) is 244 Å². The first-order chi connectivity index (χ1) is 30.7. The number of aliphatic hydroxyl groups excluding tert-OH is 2. The molecular weight excluding hydrogens is 759 g/mol. The average Bonchev–Trinajstić information content (AvgIpc) is 3.28. The number of hydrogen-bond donors (Lipinski definition) is 3. The van der Waals surface area contributed by atoms with E-state index >= 15 is 0 Å². The highest BCUT2D eigenvalue weighted by molar-refractivity contribution is 5.76. The van der Waals surface area contributed by atoms with Crippen molar-refractivity contribution >= 4 is 5.91 Å². The molecule has 62 heavy (non-hydrogen) atoms. The van der Waals surface area contributed by atoms with Crippen LogP contribution in [0.2, 0.25) is 0 Å². The van der Waals surface area contributed by atoms with E-state index in [2.05, 4.69) is 116 Å². The third-order valence-electron chi connectivity index (χ3n) is 11.2. The van der Waals surface area contributed by atoms with Gasteiger partial charge in [0.2, 0.25) is 5.91 Å². The van der Waals surface area contributed by atoms with Crippen molar-refractivity contribution in [2.24, 2.45) is 0 Å². The zero-order chi connectivity index (χ0) is 44.9. The van der Waals surface area contributed by atoms with Crippen molar-refractivity contribution in [3.8, 4) is 0 Å². The minimum atomic E-state index is -0.897. The van der Waals surface area contributed by atoms with Crippen molar-refractivity contribution in [3.63, 3.8) is 0 Å². The molecule has 3 N–H and O–H groups in total. The molecule has 0 spiro atoms. The molecule has 0 aliphatic heterocycles. The van der Waals surface area contributed by atoms with Crippen LogP contribution in [0.1, 0.15) is 232 Å². The fourth-order valence-corrected chi connectivity index (χ4v) is 7.27. The van der Waals surface area contributed by atoms with Gasteiger partial charge in [0.05, 0.1) is 18.8 Å². The Morgan fingerprint density at radius 3 is 1.13 bits per heavy atom. The van der Waals surface area contributed by atoms with Gasteiger partial charge in [-0.3, -0.25) is 4.79 Å². The summed E-state index contributed by atoms with van der Waals surface area (Å²) in [5, 5.41) is 23.0. The van der Waals surface area contributed by atoms with E-state index in [0.29, 0.717) is 6.42 Å². The van der Waals surface area contributed by atoms with E-state index in [9.17, 15) is 15.0 Å². The number of allylic oxidation sites excluding steroid dienone is 17. The maximum absolute atomic E-state index is 12.4. The van der Waals surface area contributed by atoms with Crippen LogP contribution in [0.15, 0.2) is 109 Å². The largest absolute Gasteiger partial charge is 0.394 e. The maximum Gasteiger partial charge on any atom is 0.220 e. The predicted molar refractivity (Wildman–Crippen MR) is 276 cm³/mol. The van der Waals surface area contributed by atoms with E-state index in [-0.39, 0.29) is 12.5 Å². The van der Waals surface area contributed by atoms with Gasteiger partial charge in [-0.25, -0.2) is 0 Å². The van der Waals surface area contributed by atoms with Crippen LogP contribution in [-0.4, -0.2) is 34.9 Å². The second-order valence-corrected chi connectivity index (χ2v) is 17.2. The van der Waals surface area contributed by atoms with E-state index in [0.717, 1.165) is 83.5 Å². The van der Waals surface area contributed by atoms with E-state index in [1.165, 1.54) is 128 Å². The van der Waals surface area contributed by atoms with Crippen molar-refractivity contribution in [1.82, 2.24) is 5.32 Å². The van der Waals surface area contributed by atoms with Crippen molar-refractivity contribution in [1.29, 1.82) is 0 Å². The van der Waals surface area contributed by atoms with Gasteiger partial charge in [-0.2, -0.15) is 0 Å². The highest BCUT2D eigenvalue weighted by Crippen LogP contribution is 2.15. The highest BCUT2D eigenvalue weighted by atomic mass is 16.3. The van der Waals surface area contributed by atoms with E-state index in [1.807, 2.05) is 6.08 Å². The minimum absolute atomic E-state index is 0.123. The molecule has 2 atom stereocenters. The lowest BCUT2D eigenvalue weighted by molar-refractivity contribution is -0.123. The zero-order valence-corrected chi connectivity index (χ0v) is 40.6. The number of nitrogens with one attached hydrogen (secondary N) is 1. The lowest BCUT2D eigenvalue weighted by atomic mass is 10.0. The molecule has 0 aliphatic rings. The summed E-state index contributed by atoms with van der Waals surface area (Å²) in [5.74, 6) is -0.123. The van der Waals surface area contributed by atoms with Gasteiger partial charge in [-0.05, 0) is 96.3 Å². The molecule has 0 rings (SSSR count). The molecule has 354 valence electrons. The molecule has 0 aromatic rings. The van der Waals surface area contributed by atoms with Gasteiger partial charge >= 0.3 is 0 Å². The minimum Gasteiger partial charge on any atom is -0.394 e. The molecule has 0 heterocycles. The summed E-state index contributed by atoms with van der Waals surface area (Å²) in [4.78, 5) is 12.4. The number of aliphatic hydroxyl groups is 2. The molecule has 0 radical (unpaired) electrons. The number of hydrogen-bond acceptors (Lipinski definition) is 3. The summed E-state index contributed by atoms with van der Waals surface area (Å²) in [6, 6.07) is -0.678. The first-order valence-corrected chi connectivity index (χ1v) is 26.1. The Morgan fingerprint density at radius 1 is 0.403 bits per heavy atom. The average molecular weight is 858 g/mol. The Kier molecular flexibility index (Phi) is 49.9. The number of carbonyl (C=O) groups excluding carboxylic acids is 1. The number of amides is 1. The fraction of sp³-hybridized carbons (Fsp3) is 0.672. The van der Waals surface area contributed by atoms with Gasteiger partial charge in [0, 0.05) is 6.42 Å². The van der Waals surface area contributed by atoms with Gasteiger partial charge in [-0.1, -0.05) is 239 Å². The lowest BCUT2D eigenvalue weighted by Crippen LogP contribution is -2.45. The van der Waals surface area contributed by atoms with Gasteiger partial charge in [0.15, 0.2) is 0 Å². The topological polar surface area (TPSA) is 69.6 Å². The second-order valence-electron chi connectivity index (χ2n) is 17.2. The quantitative estimate of drug-likeness (QED) is 0.0422. The van der Waals surface area contributed by atoms with Crippen LogP contribution in [0, 0.1) is 0 Å². The van der Waals surface area contributed by atoms with Gasteiger partial charge in [-0.15, -0.1) is 0 Å². The van der Waals surface area contributed by atoms with Gasteiger partial charge < -0.3 is 15.5 Å². The van der Waals surface area contributed by atoms with Crippen LogP contribution in [-0.2, 0) is 4.79 Å². The molecule has 0 aliphatic carbocycles. The van der Waals surface area contributed by atoms with E-state index in [1.54, 1.807) is 6.08 Å². The van der Waals surface area contributed by atoms with E-state index < -0.39 is 12.1 Å². The van der Waals surface area contributed by atoms with Crippen molar-refractivity contribution in [2.75, 3.05) is 6.61 Å². The third kappa shape index (κ3) is 48.1. The first kappa shape index (κ1) is 59.1. The zero-order valence-electron chi connectivity index (χ0n) is 40.6. The molecule has 4 nitrogen and oxygen atoms in total. The molecule has 4 heteroatoms. The Hall–Kier alpha value is -2.95. The number of unbranched alkanes of at least 4 members (excludes halogenated alkanes) is 23. The summed E-state index contributed by atoms with van der Waals surface area (Å²) in [6.45, 7) is 4.16. The monoisotopic (exact) mass is 858 g/mol. The molecule has 0 aromatic heterocycles. The highest BCUT2D eigenvalue weighted by Gasteiger charge is 2.17. The van der Waals surface area contributed by atoms with Crippen molar-refractivity contribution in [3.05, 3.63) is 109 Å². The van der Waals surface area contributed by atoms with Gasteiger partial charge in [0.1, 0.15) is 0 Å². The standard InChI is InChI=1S/C58H99NO3/c1-3-5-7-9-11-13-15-17-19-21-23-25-26-27-28-29-30-31-32-34-35-37-39-41-43-45-47-49-51-53-57(61)56(55-60)59-58(62)54-52-50-48-46-44-42-40-38-36-33-24-22-20-18-16-14-12-10-8-6-4-2/h6,8,12,14,18,20,24,33,35,37-38,40,43-46,51,53,56-57,60-61H,3-5,7,9-11,13,15-17,19,21-23,25-32,34,36,39,41-42,47-50,52,54-55H2,1-2H3,(H,59,62)/b8-6-,14-12-,20-18-,33-24-,37-35+,40-38-,45-43+,46-44-,53-51+. The Morgan fingerprint density at radius 2 is 0.726 bits per heavy atom. The lowest BCUT2D eigenvalue weighted by Gasteiger charge is -2.19. The number of carbonyl (C=O) groups is 1. The van der Waals surface area contributed by atoms with Gasteiger partial charge in [0.25, 0.3) is 0 Å². The van der Waals surface area contributed by atoms with E-state index in [4.69, 9.17) is 0 Å². The van der Waals surface area contributed by atoms with Crippen LogP contribution in [0.4, 0.5) is 0 Å². The summed E-state index contributed by atoms with van der Waals surface area (Å²) in [5.41, 5.74) is 0. The molecule has 0 bridgehead atoms. The molecule has 0 saturated carbocycles. The fourth-order valence-electron chi connectivity index (χ4n) is 7.27. The first-order valence-electron chi connectivity index (χ1n) is 26.1. The van der Waals surface area contributed by atoms with Crippen LogP contribution in [0.25, 0.3) is 0 Å². The molecule has 1 amide bonds. The Labute approximate surface area is 385 Å². The van der Waals surface area contributed by atoms with Crippen LogP contribution >= 0.6 is 0 Å². The molecule has 2 unspecified atom stereocenters. The van der Waals surface area contributed by atoms with Crippen molar-refractivity contribution < 1.29 is 15.0 Å². The summed E-state index contributed by atoms with van der Waals surface area (Å²) in [7, 11) is 0. The molecule has 0 aromatic carbocycles. The molecular formula is C58H99NO3. The third-order valence-corrected chi connectivity index (χ3v) is 11.2. The smallest absolute Gasteiger partial charge is 0.220 e. The molecule has 0 saturated heterocycles. The van der Waals surface area contributed by atoms with Crippen LogP contribution < -0.4 is 5.32 Å². The summed E-state index contributed by atoms with van der Waals surface area (Å²) in [6.07, 6.45) is 79.5. The second kappa shape index (κ2) is 52.4. The normalized spacial score (nSPS) is 13.8.